The molecule has 3 aromatic carbocycles. The minimum absolute atomic E-state index is 0.166. The summed E-state index contributed by atoms with van der Waals surface area (Å²) in [5.74, 6) is -0.784. The van der Waals surface area contributed by atoms with Crippen molar-refractivity contribution in [1.82, 2.24) is 0 Å². The number of ether oxygens (including phenoxy) is 1. The van der Waals surface area contributed by atoms with Crippen molar-refractivity contribution in [2.24, 2.45) is 0 Å². The van der Waals surface area contributed by atoms with Crippen LogP contribution >= 0.6 is 0 Å². The highest BCUT2D eigenvalue weighted by Crippen LogP contribution is 2.24. The van der Waals surface area contributed by atoms with Gasteiger partial charge < -0.3 is 15.4 Å². The monoisotopic (exact) mass is 368 g/mol. The first-order valence-corrected chi connectivity index (χ1v) is 8.29. The Morgan fingerprint density at radius 3 is 2.07 bits per heavy atom. The van der Waals surface area contributed by atoms with Gasteiger partial charge in [-0.15, -0.1) is 0 Å². The average Bonchev–Trinajstić information content (AvgIpc) is 2.67. The topological polar surface area (TPSA) is 50.4 Å². The zero-order chi connectivity index (χ0) is 19.2. The summed E-state index contributed by atoms with van der Waals surface area (Å²) in [6, 6.07) is 17.5. The summed E-state index contributed by atoms with van der Waals surface area (Å²) in [5, 5.41) is 5.48. The Labute approximate surface area is 155 Å². The standard InChI is InChI=1S/C21H18F2N2O2/c1-27-17-11-5-14(6-12-17)13-20(26)24-15-7-9-16(10-8-15)25-21-18(22)3-2-4-19(21)23/h2-12,25H,13H2,1H3,(H,24,26). The molecule has 0 saturated carbocycles. The highest BCUT2D eigenvalue weighted by molar-refractivity contribution is 5.92. The molecule has 0 unspecified atom stereocenters. The van der Waals surface area contributed by atoms with Gasteiger partial charge >= 0.3 is 0 Å². The molecular weight excluding hydrogens is 350 g/mol. The number of benzene rings is 3. The first-order chi connectivity index (χ1) is 13.0. The number of halogens is 2. The van der Waals surface area contributed by atoms with E-state index in [1.165, 1.54) is 18.2 Å². The van der Waals surface area contributed by atoms with E-state index in [2.05, 4.69) is 10.6 Å². The zero-order valence-electron chi connectivity index (χ0n) is 14.6. The maximum Gasteiger partial charge on any atom is 0.228 e. The maximum absolute atomic E-state index is 13.7. The highest BCUT2D eigenvalue weighted by Gasteiger charge is 2.09. The molecule has 6 heteroatoms. The maximum atomic E-state index is 13.7. The Morgan fingerprint density at radius 2 is 1.48 bits per heavy atom. The fourth-order valence-electron chi connectivity index (χ4n) is 2.53. The Kier molecular flexibility index (Phi) is 5.66. The van der Waals surface area contributed by atoms with Crippen molar-refractivity contribution >= 4 is 23.0 Å². The summed E-state index contributed by atoms with van der Waals surface area (Å²) in [5.41, 5.74) is 1.75. The quantitative estimate of drug-likeness (QED) is 0.651. The zero-order valence-corrected chi connectivity index (χ0v) is 14.6. The number of carbonyl (C=O) groups is 1. The lowest BCUT2D eigenvalue weighted by molar-refractivity contribution is -0.115. The minimum Gasteiger partial charge on any atom is -0.497 e. The highest BCUT2D eigenvalue weighted by atomic mass is 19.1. The van der Waals surface area contributed by atoms with Crippen molar-refractivity contribution < 1.29 is 18.3 Å². The van der Waals surface area contributed by atoms with Gasteiger partial charge in [0.05, 0.1) is 13.5 Å². The van der Waals surface area contributed by atoms with Gasteiger partial charge in [0, 0.05) is 11.4 Å². The Bertz CT molecular complexity index is 906. The lowest BCUT2D eigenvalue weighted by atomic mass is 10.1. The van der Waals surface area contributed by atoms with E-state index in [9.17, 15) is 13.6 Å². The number of hydrogen-bond donors (Lipinski definition) is 2. The van der Waals surface area contributed by atoms with E-state index in [1.54, 1.807) is 43.5 Å². The molecule has 0 bridgehead atoms. The Balaban J connectivity index is 1.60. The van der Waals surface area contributed by atoms with E-state index >= 15 is 0 Å². The van der Waals surface area contributed by atoms with Gasteiger partial charge in [-0.25, -0.2) is 8.78 Å². The van der Waals surface area contributed by atoms with Crippen LogP contribution in [0.2, 0.25) is 0 Å². The third-order valence-electron chi connectivity index (χ3n) is 3.92. The van der Waals surface area contributed by atoms with Crippen LogP contribution in [0.3, 0.4) is 0 Å². The molecule has 27 heavy (non-hydrogen) atoms. The summed E-state index contributed by atoms with van der Waals surface area (Å²) in [6.07, 6.45) is 0.227. The molecule has 0 heterocycles. The molecule has 0 fully saturated rings. The van der Waals surface area contributed by atoms with Crippen LogP contribution in [0.25, 0.3) is 0 Å². The van der Waals surface area contributed by atoms with Crippen molar-refractivity contribution in [1.29, 1.82) is 0 Å². The van der Waals surface area contributed by atoms with Crippen molar-refractivity contribution in [2.75, 3.05) is 17.7 Å². The van der Waals surface area contributed by atoms with E-state index < -0.39 is 11.6 Å². The number of carbonyl (C=O) groups excluding carboxylic acids is 1. The van der Waals surface area contributed by atoms with Crippen LogP contribution in [-0.2, 0) is 11.2 Å². The van der Waals surface area contributed by atoms with Gasteiger partial charge in [-0.2, -0.15) is 0 Å². The molecule has 0 atom stereocenters. The fourth-order valence-corrected chi connectivity index (χ4v) is 2.53. The van der Waals surface area contributed by atoms with Gasteiger partial charge in [-0.1, -0.05) is 18.2 Å². The SMILES string of the molecule is COc1ccc(CC(=O)Nc2ccc(Nc3c(F)cccc3F)cc2)cc1. The lowest BCUT2D eigenvalue weighted by Crippen LogP contribution is -2.14. The molecule has 2 N–H and O–H groups in total. The molecule has 3 rings (SSSR count). The van der Waals surface area contributed by atoms with E-state index in [4.69, 9.17) is 4.74 Å². The van der Waals surface area contributed by atoms with Crippen molar-refractivity contribution in [3.8, 4) is 5.75 Å². The summed E-state index contributed by atoms with van der Waals surface area (Å²) in [7, 11) is 1.58. The molecule has 0 spiro atoms. The van der Waals surface area contributed by atoms with E-state index in [0.29, 0.717) is 11.4 Å². The number of hydrogen-bond acceptors (Lipinski definition) is 3. The molecule has 3 aromatic rings. The van der Waals surface area contributed by atoms with Crippen LogP contribution in [0.1, 0.15) is 5.56 Å². The number of amides is 1. The van der Waals surface area contributed by atoms with Gasteiger partial charge in [-0.3, -0.25) is 4.79 Å². The Morgan fingerprint density at radius 1 is 0.889 bits per heavy atom. The largest absolute Gasteiger partial charge is 0.497 e. The molecule has 4 nitrogen and oxygen atoms in total. The fraction of sp³-hybridized carbons (Fsp3) is 0.0952. The van der Waals surface area contributed by atoms with Gasteiger partial charge in [-0.05, 0) is 54.1 Å². The summed E-state index contributed by atoms with van der Waals surface area (Å²) in [4.78, 5) is 12.1. The van der Waals surface area contributed by atoms with E-state index in [0.717, 1.165) is 11.3 Å². The smallest absolute Gasteiger partial charge is 0.228 e. The van der Waals surface area contributed by atoms with Crippen LogP contribution in [0.4, 0.5) is 25.8 Å². The van der Waals surface area contributed by atoms with Gasteiger partial charge in [0.2, 0.25) is 5.91 Å². The third-order valence-corrected chi connectivity index (χ3v) is 3.92. The van der Waals surface area contributed by atoms with Crippen LogP contribution in [0.15, 0.2) is 66.7 Å². The minimum atomic E-state index is -0.674. The van der Waals surface area contributed by atoms with Crippen molar-refractivity contribution in [2.45, 2.75) is 6.42 Å². The first kappa shape index (κ1) is 18.4. The normalized spacial score (nSPS) is 10.3. The second kappa shape index (κ2) is 8.31. The number of rotatable bonds is 6. The van der Waals surface area contributed by atoms with E-state index in [-0.39, 0.29) is 18.0 Å². The van der Waals surface area contributed by atoms with Gasteiger partial charge in [0.15, 0.2) is 0 Å². The lowest BCUT2D eigenvalue weighted by Gasteiger charge is -2.10. The van der Waals surface area contributed by atoms with Crippen LogP contribution in [0.5, 0.6) is 5.75 Å². The number of nitrogens with one attached hydrogen (secondary N) is 2. The van der Waals surface area contributed by atoms with Gasteiger partial charge in [0.25, 0.3) is 0 Å². The summed E-state index contributed by atoms with van der Waals surface area (Å²) >= 11 is 0. The predicted octanol–water partition coefficient (Wildman–Crippen LogP) is 4.90. The van der Waals surface area contributed by atoms with E-state index in [1.807, 2.05) is 12.1 Å². The molecule has 0 aliphatic carbocycles. The predicted molar refractivity (Wildman–Crippen MR) is 101 cm³/mol. The second-order valence-corrected chi connectivity index (χ2v) is 5.87. The summed E-state index contributed by atoms with van der Waals surface area (Å²) < 4.78 is 32.4. The van der Waals surface area contributed by atoms with Crippen LogP contribution in [-0.4, -0.2) is 13.0 Å². The number of anilines is 3. The first-order valence-electron chi connectivity index (χ1n) is 8.29. The molecule has 1 amide bonds. The molecule has 0 saturated heterocycles. The molecular formula is C21H18F2N2O2. The molecule has 0 radical (unpaired) electrons. The molecule has 0 aromatic heterocycles. The third kappa shape index (κ3) is 4.82. The number of para-hydroxylation sites is 1. The average molecular weight is 368 g/mol. The molecule has 0 aliphatic heterocycles. The van der Waals surface area contributed by atoms with Crippen molar-refractivity contribution in [3.05, 3.63) is 83.9 Å². The van der Waals surface area contributed by atoms with Gasteiger partial charge in [0.1, 0.15) is 23.1 Å². The number of methoxy groups -OCH3 is 1. The van der Waals surface area contributed by atoms with Crippen molar-refractivity contribution in [3.63, 3.8) is 0 Å². The Hall–Kier alpha value is -3.41. The van der Waals surface area contributed by atoms with Crippen LogP contribution < -0.4 is 15.4 Å². The molecule has 0 aliphatic rings. The summed E-state index contributed by atoms with van der Waals surface area (Å²) in [6.45, 7) is 0. The molecule has 138 valence electrons. The second-order valence-electron chi connectivity index (χ2n) is 5.87. The van der Waals surface area contributed by atoms with Crippen LogP contribution in [0, 0.1) is 11.6 Å².